The van der Waals surface area contributed by atoms with Crippen molar-refractivity contribution in [3.05, 3.63) is 72.0 Å². The fourth-order valence-corrected chi connectivity index (χ4v) is 3.47. The van der Waals surface area contributed by atoms with Crippen LogP contribution in [-0.4, -0.2) is 49.2 Å². The third-order valence-electron chi connectivity index (χ3n) is 5.00. The van der Waals surface area contributed by atoms with Crippen LogP contribution in [0.1, 0.15) is 16.1 Å². The van der Waals surface area contributed by atoms with Crippen molar-refractivity contribution < 1.29 is 31.9 Å². The van der Waals surface area contributed by atoms with Gasteiger partial charge in [-0.2, -0.15) is 13.2 Å². The second-order valence-corrected chi connectivity index (χ2v) is 7.12. The number of alkyl halides is 3. The number of fused-ring (bicyclic) bond motifs is 1. The van der Waals surface area contributed by atoms with Gasteiger partial charge in [-0.3, -0.25) is 9.59 Å². The molecule has 0 unspecified atom stereocenters. The van der Waals surface area contributed by atoms with Gasteiger partial charge in [0.1, 0.15) is 11.3 Å². The molecule has 1 fully saturated rings. The number of halogens is 3. The van der Waals surface area contributed by atoms with Crippen molar-refractivity contribution in [1.82, 2.24) is 4.90 Å². The van der Waals surface area contributed by atoms with Crippen LogP contribution in [0.3, 0.4) is 0 Å². The molecule has 0 aliphatic carbocycles. The Bertz CT molecular complexity index is 1160. The minimum Gasteiger partial charge on any atom is -0.449 e. The number of benzene rings is 2. The molecule has 9 heteroatoms. The predicted octanol–water partition coefficient (Wildman–Crippen LogP) is 4.49. The van der Waals surface area contributed by atoms with Gasteiger partial charge in [-0.05, 0) is 17.7 Å². The molecule has 2 aromatic carbocycles. The molecule has 2 heterocycles. The molecule has 0 radical (unpaired) electrons. The molecule has 0 bridgehead atoms. The molecule has 1 N–H and O–H groups in total. The Balaban J connectivity index is 1.71. The van der Waals surface area contributed by atoms with E-state index in [9.17, 15) is 22.8 Å². The zero-order valence-corrected chi connectivity index (χ0v) is 16.8. The number of amides is 2. The Morgan fingerprint density at radius 3 is 2.31 bits per heavy atom. The predicted molar refractivity (Wildman–Crippen MR) is 112 cm³/mol. The van der Waals surface area contributed by atoms with E-state index in [0.29, 0.717) is 43.3 Å². The Kier molecular flexibility index (Phi) is 6.00. The molecule has 6 nitrogen and oxygen atoms in total. The lowest BCUT2D eigenvalue weighted by molar-refractivity contribution is -0.112. The number of furan rings is 1. The van der Waals surface area contributed by atoms with Gasteiger partial charge in [-0.25, -0.2) is 0 Å². The molecular formula is C23H19F3N2O4. The number of nitrogens with one attached hydrogen (secondary N) is 1. The van der Waals surface area contributed by atoms with Crippen LogP contribution in [0.2, 0.25) is 0 Å². The zero-order chi connectivity index (χ0) is 22.7. The minimum atomic E-state index is -4.75. The van der Waals surface area contributed by atoms with Gasteiger partial charge < -0.3 is 19.4 Å². The Hall–Kier alpha value is -3.59. The highest BCUT2D eigenvalue weighted by molar-refractivity contribution is 6.14. The second kappa shape index (κ2) is 8.88. The molecule has 4 rings (SSSR count). The highest BCUT2D eigenvalue weighted by Gasteiger charge is 2.35. The number of ether oxygens (including phenoxy) is 1. The number of carbonyl (C=O) groups excluding carboxylic acids is 2. The number of hydrogen-bond donors (Lipinski definition) is 1. The number of para-hydroxylation sites is 1. The van der Waals surface area contributed by atoms with E-state index in [2.05, 4.69) is 5.32 Å². The van der Waals surface area contributed by atoms with Crippen LogP contribution in [0.15, 0.2) is 65.1 Å². The molecule has 0 atom stereocenters. The number of nitrogens with zero attached hydrogens (tertiary/aromatic N) is 1. The summed E-state index contributed by atoms with van der Waals surface area (Å²) in [5.74, 6) is -1.63. The molecule has 166 valence electrons. The average molecular weight is 444 g/mol. The summed E-state index contributed by atoms with van der Waals surface area (Å²) in [5, 5.41) is 2.85. The number of rotatable bonds is 4. The van der Waals surface area contributed by atoms with Gasteiger partial charge in [0, 0.05) is 24.6 Å². The number of allylic oxidation sites excluding steroid dienone is 1. The van der Waals surface area contributed by atoms with Crippen LogP contribution in [0, 0.1) is 0 Å². The van der Waals surface area contributed by atoms with Gasteiger partial charge in [0.25, 0.3) is 5.91 Å². The molecular weight excluding hydrogens is 425 g/mol. The average Bonchev–Trinajstić information content (AvgIpc) is 3.15. The summed E-state index contributed by atoms with van der Waals surface area (Å²) in [6.07, 6.45) is -4.26. The molecule has 1 saturated heterocycles. The SMILES string of the molecule is O=C(/C=C(/c1ccccc1)C(F)(F)F)Nc1c(C(=O)N2CCOCC2)oc2ccccc12. The van der Waals surface area contributed by atoms with Crippen molar-refractivity contribution >= 4 is 34.0 Å². The molecule has 1 aromatic heterocycles. The van der Waals surface area contributed by atoms with E-state index in [1.54, 1.807) is 30.3 Å². The van der Waals surface area contributed by atoms with Crippen LogP contribution in [0.5, 0.6) is 0 Å². The van der Waals surface area contributed by atoms with Crippen molar-refractivity contribution in [2.24, 2.45) is 0 Å². The van der Waals surface area contributed by atoms with E-state index in [1.807, 2.05) is 0 Å². The van der Waals surface area contributed by atoms with Gasteiger partial charge in [-0.15, -0.1) is 0 Å². The van der Waals surface area contributed by atoms with Crippen LogP contribution >= 0.6 is 0 Å². The summed E-state index contributed by atoms with van der Waals surface area (Å²) in [6.45, 7) is 1.41. The first-order valence-electron chi connectivity index (χ1n) is 9.88. The lowest BCUT2D eigenvalue weighted by Crippen LogP contribution is -2.40. The Morgan fingerprint density at radius 2 is 1.62 bits per heavy atom. The Morgan fingerprint density at radius 1 is 0.969 bits per heavy atom. The maximum absolute atomic E-state index is 13.6. The smallest absolute Gasteiger partial charge is 0.417 e. The topological polar surface area (TPSA) is 71.8 Å². The molecule has 1 aliphatic rings. The third kappa shape index (κ3) is 4.52. The standard InChI is InChI=1S/C23H19F3N2O4/c24-23(25,26)17(15-6-2-1-3-7-15)14-19(29)27-20-16-8-4-5-9-18(16)32-21(20)22(30)28-10-12-31-13-11-28/h1-9,14H,10-13H2,(H,27,29)/b17-14-. The first kappa shape index (κ1) is 21.6. The van der Waals surface area contributed by atoms with Gasteiger partial charge in [-0.1, -0.05) is 42.5 Å². The fraction of sp³-hybridized carbons (Fsp3) is 0.217. The summed E-state index contributed by atoms with van der Waals surface area (Å²) < 4.78 is 51.8. The first-order valence-corrected chi connectivity index (χ1v) is 9.88. The maximum atomic E-state index is 13.6. The summed E-state index contributed by atoms with van der Waals surface area (Å²) in [5.41, 5.74) is -0.864. The fourth-order valence-electron chi connectivity index (χ4n) is 3.47. The maximum Gasteiger partial charge on any atom is 0.417 e. The largest absolute Gasteiger partial charge is 0.449 e. The Labute approximate surface area is 181 Å². The van der Waals surface area contributed by atoms with E-state index < -0.39 is 23.6 Å². The van der Waals surface area contributed by atoms with Gasteiger partial charge >= 0.3 is 6.18 Å². The lowest BCUT2D eigenvalue weighted by atomic mass is 10.0. The van der Waals surface area contributed by atoms with Gasteiger partial charge in [0.2, 0.25) is 11.7 Å². The van der Waals surface area contributed by atoms with Crippen molar-refractivity contribution in [1.29, 1.82) is 0 Å². The monoisotopic (exact) mass is 444 g/mol. The first-order chi connectivity index (χ1) is 15.3. The summed E-state index contributed by atoms with van der Waals surface area (Å²) in [6, 6.07) is 13.6. The summed E-state index contributed by atoms with van der Waals surface area (Å²) in [7, 11) is 0. The van der Waals surface area contributed by atoms with Crippen molar-refractivity contribution in [3.8, 4) is 0 Å². The van der Waals surface area contributed by atoms with Crippen LogP contribution in [0.4, 0.5) is 18.9 Å². The number of morpholine rings is 1. The van der Waals surface area contributed by atoms with Crippen LogP contribution in [0.25, 0.3) is 16.5 Å². The third-order valence-corrected chi connectivity index (χ3v) is 5.00. The van der Waals surface area contributed by atoms with Gasteiger partial charge in [0.05, 0.1) is 18.8 Å². The quantitative estimate of drug-likeness (QED) is 0.602. The molecule has 32 heavy (non-hydrogen) atoms. The second-order valence-electron chi connectivity index (χ2n) is 7.12. The zero-order valence-electron chi connectivity index (χ0n) is 16.8. The number of carbonyl (C=O) groups is 2. The number of hydrogen-bond acceptors (Lipinski definition) is 4. The highest BCUT2D eigenvalue weighted by atomic mass is 19.4. The molecule has 2 amide bonds. The minimum absolute atomic E-state index is 0.0351. The van der Waals surface area contributed by atoms with E-state index in [1.165, 1.54) is 29.2 Å². The van der Waals surface area contributed by atoms with E-state index in [0.717, 1.165) is 0 Å². The summed E-state index contributed by atoms with van der Waals surface area (Å²) >= 11 is 0. The van der Waals surface area contributed by atoms with E-state index in [-0.39, 0.29) is 17.0 Å². The molecule has 3 aromatic rings. The molecule has 0 saturated carbocycles. The molecule has 0 spiro atoms. The summed E-state index contributed by atoms with van der Waals surface area (Å²) in [4.78, 5) is 27.2. The van der Waals surface area contributed by atoms with Crippen molar-refractivity contribution in [3.63, 3.8) is 0 Å². The van der Waals surface area contributed by atoms with Crippen LogP contribution < -0.4 is 5.32 Å². The normalized spacial score (nSPS) is 15.1. The van der Waals surface area contributed by atoms with Gasteiger partial charge in [0.15, 0.2) is 0 Å². The number of anilines is 1. The van der Waals surface area contributed by atoms with Crippen LogP contribution in [-0.2, 0) is 9.53 Å². The van der Waals surface area contributed by atoms with Crippen molar-refractivity contribution in [2.75, 3.05) is 31.6 Å². The van der Waals surface area contributed by atoms with E-state index >= 15 is 0 Å². The van der Waals surface area contributed by atoms with E-state index in [4.69, 9.17) is 9.15 Å². The molecule has 1 aliphatic heterocycles. The highest BCUT2D eigenvalue weighted by Crippen LogP contribution is 2.35. The van der Waals surface area contributed by atoms with Crippen molar-refractivity contribution in [2.45, 2.75) is 6.18 Å². The lowest BCUT2D eigenvalue weighted by Gasteiger charge is -2.26.